The van der Waals surface area contributed by atoms with E-state index in [-0.39, 0.29) is 17.7 Å². The van der Waals surface area contributed by atoms with Crippen LogP contribution in [0.1, 0.15) is 32.6 Å². The summed E-state index contributed by atoms with van der Waals surface area (Å²) in [7, 11) is 3.63. The molecule has 1 atom stereocenters. The number of piperidine rings is 1. The van der Waals surface area contributed by atoms with Crippen molar-refractivity contribution in [3.63, 3.8) is 0 Å². The van der Waals surface area contributed by atoms with E-state index in [0.29, 0.717) is 18.8 Å². The largest absolute Gasteiger partial charge is 0.345 e. The second-order valence-electron chi connectivity index (χ2n) is 5.46. The van der Waals surface area contributed by atoms with Crippen LogP contribution in [-0.4, -0.2) is 56.4 Å². The van der Waals surface area contributed by atoms with Crippen LogP contribution in [0.3, 0.4) is 0 Å². The number of carbonyl (C=O) groups is 2. The van der Waals surface area contributed by atoms with Crippen LogP contribution in [0.2, 0.25) is 0 Å². The first-order valence-corrected chi connectivity index (χ1v) is 7.17. The average Bonchev–Trinajstić information content (AvgIpc) is 2.39. The molecule has 0 bridgehead atoms. The molecule has 2 N–H and O–H groups in total. The van der Waals surface area contributed by atoms with Crippen molar-refractivity contribution in [1.82, 2.24) is 15.5 Å². The lowest BCUT2D eigenvalue weighted by Crippen LogP contribution is -2.38. The Bertz CT molecular complexity index is 301. The molecule has 5 heteroatoms. The van der Waals surface area contributed by atoms with E-state index in [1.165, 1.54) is 0 Å². The van der Waals surface area contributed by atoms with Crippen LogP contribution in [0, 0.1) is 5.92 Å². The van der Waals surface area contributed by atoms with Crippen molar-refractivity contribution in [3.05, 3.63) is 0 Å². The van der Waals surface area contributed by atoms with Gasteiger partial charge in [-0.25, -0.2) is 0 Å². The lowest BCUT2D eigenvalue weighted by Gasteiger charge is -2.28. The van der Waals surface area contributed by atoms with Gasteiger partial charge >= 0.3 is 0 Å². The van der Waals surface area contributed by atoms with Gasteiger partial charge in [0.2, 0.25) is 5.91 Å². The molecule has 5 nitrogen and oxygen atoms in total. The number of nitrogens with zero attached hydrogens (tertiary/aromatic N) is 1. The number of rotatable bonds is 7. The van der Waals surface area contributed by atoms with Gasteiger partial charge in [0.15, 0.2) is 0 Å². The van der Waals surface area contributed by atoms with Crippen LogP contribution in [-0.2, 0) is 9.59 Å². The fourth-order valence-electron chi connectivity index (χ4n) is 2.56. The van der Waals surface area contributed by atoms with Gasteiger partial charge in [-0.15, -0.1) is 0 Å². The molecule has 1 aliphatic heterocycles. The first kappa shape index (κ1) is 16.1. The Hall–Kier alpha value is -0.940. The maximum atomic E-state index is 12.0. The summed E-state index contributed by atoms with van der Waals surface area (Å²) in [6.07, 6.45) is 3.31. The molecule has 1 fully saturated rings. The van der Waals surface area contributed by atoms with Crippen molar-refractivity contribution in [3.8, 4) is 0 Å². The summed E-state index contributed by atoms with van der Waals surface area (Å²) in [5.41, 5.74) is 0. The Morgan fingerprint density at radius 1 is 1.37 bits per heavy atom. The quantitative estimate of drug-likeness (QED) is 0.702. The van der Waals surface area contributed by atoms with Gasteiger partial charge in [0, 0.05) is 20.0 Å². The molecule has 0 aromatic rings. The van der Waals surface area contributed by atoms with Gasteiger partial charge in [-0.1, -0.05) is 0 Å². The Balaban J connectivity index is 2.29. The van der Waals surface area contributed by atoms with Crippen LogP contribution in [0.5, 0.6) is 0 Å². The summed E-state index contributed by atoms with van der Waals surface area (Å²) in [6, 6.07) is -0.198. The number of hydrogen-bond donors (Lipinski definition) is 2. The van der Waals surface area contributed by atoms with Gasteiger partial charge in [0.1, 0.15) is 5.78 Å². The lowest BCUT2D eigenvalue weighted by molar-refractivity contribution is -0.131. The Morgan fingerprint density at radius 2 is 2.00 bits per heavy atom. The van der Waals surface area contributed by atoms with Gasteiger partial charge in [-0.3, -0.25) is 9.59 Å². The molecule has 0 aliphatic carbocycles. The summed E-state index contributed by atoms with van der Waals surface area (Å²) in [5.74, 6) is 0.847. The monoisotopic (exact) mass is 269 g/mol. The summed E-state index contributed by atoms with van der Waals surface area (Å²) < 4.78 is 0. The maximum Gasteiger partial charge on any atom is 0.222 e. The Kier molecular flexibility index (Phi) is 7.02. The molecule has 1 heterocycles. The SMILES string of the molecule is CN[C@@H](CCC(=O)N(C)CC1CCNCC1)C(C)=O. The van der Waals surface area contributed by atoms with E-state index < -0.39 is 0 Å². The molecular formula is C14H27N3O2. The van der Waals surface area contributed by atoms with Gasteiger partial charge in [-0.05, 0) is 52.2 Å². The first-order chi connectivity index (χ1) is 9.04. The van der Waals surface area contributed by atoms with Crippen molar-refractivity contribution < 1.29 is 9.59 Å². The number of amides is 1. The average molecular weight is 269 g/mol. The number of likely N-dealkylation sites (N-methyl/N-ethyl adjacent to an activating group) is 1. The predicted molar refractivity (Wildman–Crippen MR) is 76.0 cm³/mol. The van der Waals surface area contributed by atoms with Crippen molar-refractivity contribution >= 4 is 11.7 Å². The van der Waals surface area contributed by atoms with Crippen molar-refractivity contribution in [2.75, 3.05) is 33.7 Å². The molecular weight excluding hydrogens is 242 g/mol. The zero-order valence-electron chi connectivity index (χ0n) is 12.4. The number of carbonyl (C=O) groups excluding carboxylic acids is 2. The molecule has 0 spiro atoms. The Labute approximate surface area is 116 Å². The zero-order chi connectivity index (χ0) is 14.3. The summed E-state index contributed by atoms with van der Waals surface area (Å²) >= 11 is 0. The number of hydrogen-bond acceptors (Lipinski definition) is 4. The molecule has 0 radical (unpaired) electrons. The van der Waals surface area contributed by atoms with Gasteiger partial charge in [0.05, 0.1) is 6.04 Å². The highest BCUT2D eigenvalue weighted by atomic mass is 16.2. The number of nitrogens with one attached hydrogen (secondary N) is 2. The zero-order valence-corrected chi connectivity index (χ0v) is 12.4. The predicted octanol–water partition coefficient (Wildman–Crippen LogP) is 0.402. The van der Waals surface area contributed by atoms with E-state index in [1.54, 1.807) is 14.0 Å². The third-order valence-electron chi connectivity index (χ3n) is 3.90. The number of ketones is 1. The summed E-state index contributed by atoms with van der Waals surface area (Å²) in [5, 5.41) is 6.28. The normalized spacial score (nSPS) is 18.1. The fraction of sp³-hybridized carbons (Fsp3) is 0.857. The second kappa shape index (κ2) is 8.27. The third-order valence-corrected chi connectivity index (χ3v) is 3.90. The minimum atomic E-state index is -0.198. The molecule has 19 heavy (non-hydrogen) atoms. The molecule has 110 valence electrons. The van der Waals surface area contributed by atoms with Crippen molar-refractivity contribution in [2.45, 2.75) is 38.6 Å². The second-order valence-corrected chi connectivity index (χ2v) is 5.46. The standard InChI is InChI=1S/C14H27N3O2/c1-11(18)13(15-2)4-5-14(19)17(3)10-12-6-8-16-9-7-12/h12-13,15-16H,4-10H2,1-3H3/t13-/m0/s1. The highest BCUT2D eigenvalue weighted by Crippen LogP contribution is 2.13. The fourth-order valence-corrected chi connectivity index (χ4v) is 2.56. The molecule has 0 aromatic heterocycles. The topological polar surface area (TPSA) is 61.4 Å². The van der Waals surface area contributed by atoms with Gasteiger partial charge in [0.25, 0.3) is 0 Å². The van der Waals surface area contributed by atoms with Crippen LogP contribution >= 0.6 is 0 Å². The Morgan fingerprint density at radius 3 is 2.53 bits per heavy atom. The molecule has 0 aromatic carbocycles. The van der Waals surface area contributed by atoms with E-state index in [0.717, 1.165) is 32.5 Å². The lowest BCUT2D eigenvalue weighted by atomic mass is 9.97. The third kappa shape index (κ3) is 5.70. The van der Waals surface area contributed by atoms with Gasteiger partial charge in [-0.2, -0.15) is 0 Å². The summed E-state index contributed by atoms with van der Waals surface area (Å²) in [4.78, 5) is 25.1. The van der Waals surface area contributed by atoms with Crippen LogP contribution in [0.4, 0.5) is 0 Å². The van der Waals surface area contributed by atoms with Crippen molar-refractivity contribution in [2.24, 2.45) is 5.92 Å². The highest BCUT2D eigenvalue weighted by Gasteiger charge is 2.19. The number of Topliss-reactive ketones (excluding diaryl/α,β-unsaturated/α-hetero) is 1. The smallest absolute Gasteiger partial charge is 0.222 e. The van der Waals surface area contributed by atoms with Gasteiger partial charge < -0.3 is 15.5 Å². The summed E-state index contributed by atoms with van der Waals surface area (Å²) in [6.45, 7) is 4.51. The van der Waals surface area contributed by atoms with E-state index in [2.05, 4.69) is 10.6 Å². The van der Waals surface area contributed by atoms with E-state index in [4.69, 9.17) is 0 Å². The minimum absolute atomic E-state index is 0.0938. The highest BCUT2D eigenvalue weighted by molar-refractivity contribution is 5.82. The molecule has 1 aliphatic rings. The van der Waals surface area contributed by atoms with Crippen molar-refractivity contribution in [1.29, 1.82) is 0 Å². The van der Waals surface area contributed by atoms with E-state index >= 15 is 0 Å². The molecule has 0 unspecified atom stereocenters. The molecule has 0 saturated carbocycles. The minimum Gasteiger partial charge on any atom is -0.345 e. The first-order valence-electron chi connectivity index (χ1n) is 7.17. The van der Waals surface area contributed by atoms with E-state index in [9.17, 15) is 9.59 Å². The van der Waals surface area contributed by atoms with Crippen LogP contribution < -0.4 is 10.6 Å². The molecule has 1 rings (SSSR count). The van der Waals surface area contributed by atoms with Crippen LogP contribution in [0.15, 0.2) is 0 Å². The maximum absolute atomic E-state index is 12.0. The molecule has 1 saturated heterocycles. The molecule has 1 amide bonds. The van der Waals surface area contributed by atoms with E-state index in [1.807, 2.05) is 11.9 Å². The van der Waals surface area contributed by atoms with Crippen LogP contribution in [0.25, 0.3) is 0 Å².